The van der Waals surface area contributed by atoms with Gasteiger partial charge in [0.1, 0.15) is 11.5 Å². The molecule has 1 saturated heterocycles. The Morgan fingerprint density at radius 2 is 1.72 bits per heavy atom. The number of aromatic nitrogens is 3. The van der Waals surface area contributed by atoms with Crippen molar-refractivity contribution >= 4 is 28.4 Å². The molecule has 0 aliphatic carbocycles. The number of benzene rings is 1. The fourth-order valence-electron chi connectivity index (χ4n) is 3.03. The van der Waals surface area contributed by atoms with Crippen molar-refractivity contribution in [1.29, 1.82) is 0 Å². The van der Waals surface area contributed by atoms with Crippen molar-refractivity contribution in [1.82, 2.24) is 15.0 Å². The van der Waals surface area contributed by atoms with Crippen molar-refractivity contribution in [2.24, 2.45) is 0 Å². The lowest BCUT2D eigenvalue weighted by Gasteiger charge is -2.27. The molecular weight excluding hydrogens is 314 g/mol. The molecule has 1 amide bonds. The largest absolute Gasteiger partial charge is 0.357 e. The lowest BCUT2D eigenvalue weighted by atomic mass is 10.1. The minimum atomic E-state index is -0.286. The highest BCUT2D eigenvalue weighted by Crippen LogP contribution is 2.19. The maximum absolute atomic E-state index is 12.4. The number of hydrogen-bond donors (Lipinski definition) is 1. The van der Waals surface area contributed by atoms with E-state index in [1.165, 1.54) is 25.5 Å². The van der Waals surface area contributed by atoms with Gasteiger partial charge < -0.3 is 10.2 Å². The summed E-state index contributed by atoms with van der Waals surface area (Å²) in [4.78, 5) is 27.8. The molecule has 3 heterocycles. The number of carbonyl (C=O) groups excluding carboxylic acids is 1. The minimum Gasteiger partial charge on any atom is -0.357 e. The topological polar surface area (TPSA) is 71.0 Å². The van der Waals surface area contributed by atoms with E-state index in [4.69, 9.17) is 0 Å². The number of anilines is 2. The monoisotopic (exact) mass is 333 g/mol. The Balaban J connectivity index is 1.47. The van der Waals surface area contributed by atoms with Crippen LogP contribution in [0.1, 0.15) is 29.8 Å². The van der Waals surface area contributed by atoms with Gasteiger partial charge in [-0.3, -0.25) is 9.78 Å². The fourth-order valence-corrected chi connectivity index (χ4v) is 3.03. The second-order valence-corrected chi connectivity index (χ2v) is 6.15. The smallest absolute Gasteiger partial charge is 0.275 e. The van der Waals surface area contributed by atoms with Crippen LogP contribution in [0, 0.1) is 0 Å². The fraction of sp³-hybridized carbons (Fsp3) is 0.263. The highest BCUT2D eigenvalue weighted by molar-refractivity contribution is 6.03. The van der Waals surface area contributed by atoms with E-state index in [1.54, 1.807) is 6.20 Å². The van der Waals surface area contributed by atoms with E-state index in [-0.39, 0.29) is 5.91 Å². The number of nitrogens with zero attached hydrogens (tertiary/aromatic N) is 4. The molecule has 3 aromatic rings. The van der Waals surface area contributed by atoms with Crippen LogP contribution in [0.15, 0.2) is 48.8 Å². The summed E-state index contributed by atoms with van der Waals surface area (Å²) in [5.41, 5.74) is 2.42. The minimum absolute atomic E-state index is 0.286. The van der Waals surface area contributed by atoms with E-state index >= 15 is 0 Å². The molecule has 6 heteroatoms. The van der Waals surface area contributed by atoms with Gasteiger partial charge in [-0.2, -0.15) is 0 Å². The third kappa shape index (κ3) is 3.42. The molecule has 0 spiro atoms. The van der Waals surface area contributed by atoms with Crippen molar-refractivity contribution in [2.75, 3.05) is 23.3 Å². The summed E-state index contributed by atoms with van der Waals surface area (Å²) in [6.07, 6.45) is 6.89. The quantitative estimate of drug-likeness (QED) is 0.796. The Hall–Kier alpha value is -3.02. The average Bonchev–Trinajstić information content (AvgIpc) is 2.69. The second kappa shape index (κ2) is 6.84. The Labute approximate surface area is 145 Å². The van der Waals surface area contributed by atoms with Crippen molar-refractivity contribution < 1.29 is 4.79 Å². The van der Waals surface area contributed by atoms with Crippen LogP contribution in [0.4, 0.5) is 11.5 Å². The second-order valence-electron chi connectivity index (χ2n) is 6.15. The lowest BCUT2D eigenvalue weighted by molar-refractivity contribution is 0.102. The molecule has 0 radical (unpaired) electrons. The Kier molecular flexibility index (Phi) is 4.24. The molecule has 1 aliphatic rings. The number of hydrogen-bond acceptors (Lipinski definition) is 5. The van der Waals surface area contributed by atoms with Gasteiger partial charge >= 0.3 is 0 Å². The SMILES string of the molecule is O=C(Nc1ccc(N2CCCCC2)nc1)c1cnc2ccccc2n1. The Morgan fingerprint density at radius 1 is 0.920 bits per heavy atom. The lowest BCUT2D eigenvalue weighted by Crippen LogP contribution is -2.30. The molecule has 1 N–H and O–H groups in total. The number of pyridine rings is 1. The molecule has 0 unspecified atom stereocenters. The summed E-state index contributed by atoms with van der Waals surface area (Å²) in [5.74, 6) is 0.675. The van der Waals surface area contributed by atoms with Crippen molar-refractivity contribution in [3.05, 3.63) is 54.5 Å². The van der Waals surface area contributed by atoms with E-state index in [9.17, 15) is 4.79 Å². The van der Waals surface area contributed by atoms with E-state index in [0.717, 1.165) is 24.4 Å². The summed E-state index contributed by atoms with van der Waals surface area (Å²) >= 11 is 0. The number of piperidine rings is 1. The normalized spacial score (nSPS) is 14.5. The van der Waals surface area contributed by atoms with Gasteiger partial charge in [-0.15, -0.1) is 0 Å². The third-order valence-electron chi connectivity index (χ3n) is 4.37. The molecule has 126 valence electrons. The van der Waals surface area contributed by atoms with Gasteiger partial charge in [-0.05, 0) is 43.5 Å². The zero-order valence-corrected chi connectivity index (χ0v) is 13.9. The standard InChI is InChI=1S/C19H19N5O/c25-19(17-13-20-15-6-2-3-7-16(15)23-17)22-14-8-9-18(21-12-14)24-10-4-1-5-11-24/h2-3,6-9,12-13H,1,4-5,10-11H2,(H,22,25). The molecule has 6 nitrogen and oxygen atoms in total. The molecule has 1 aliphatic heterocycles. The first kappa shape index (κ1) is 15.5. The van der Waals surface area contributed by atoms with Gasteiger partial charge in [0.2, 0.25) is 0 Å². The first-order valence-corrected chi connectivity index (χ1v) is 8.54. The average molecular weight is 333 g/mol. The van der Waals surface area contributed by atoms with Crippen molar-refractivity contribution in [2.45, 2.75) is 19.3 Å². The van der Waals surface area contributed by atoms with Crippen LogP contribution >= 0.6 is 0 Å². The number of fused-ring (bicyclic) bond motifs is 1. The predicted octanol–water partition coefficient (Wildman–Crippen LogP) is 3.27. The maximum Gasteiger partial charge on any atom is 0.275 e. The molecule has 2 aromatic heterocycles. The summed E-state index contributed by atoms with van der Waals surface area (Å²) < 4.78 is 0. The van der Waals surface area contributed by atoms with E-state index in [0.29, 0.717) is 16.9 Å². The molecule has 1 fully saturated rings. The molecule has 1 aromatic carbocycles. The van der Waals surface area contributed by atoms with Gasteiger partial charge in [0, 0.05) is 13.1 Å². The van der Waals surface area contributed by atoms with Gasteiger partial charge in [0.15, 0.2) is 0 Å². The molecule has 0 saturated carbocycles. The van der Waals surface area contributed by atoms with E-state index in [2.05, 4.69) is 25.2 Å². The van der Waals surface area contributed by atoms with Crippen LogP contribution in [0.25, 0.3) is 11.0 Å². The van der Waals surface area contributed by atoms with Crippen LogP contribution < -0.4 is 10.2 Å². The van der Waals surface area contributed by atoms with E-state index in [1.807, 2.05) is 36.4 Å². The Bertz CT molecular complexity index is 888. The summed E-state index contributed by atoms with van der Waals surface area (Å²) in [5, 5.41) is 2.83. The van der Waals surface area contributed by atoms with Crippen molar-refractivity contribution in [3.63, 3.8) is 0 Å². The summed E-state index contributed by atoms with van der Waals surface area (Å²) in [6.45, 7) is 2.09. The van der Waals surface area contributed by atoms with E-state index < -0.39 is 0 Å². The predicted molar refractivity (Wildman–Crippen MR) is 97.8 cm³/mol. The summed E-state index contributed by atoms with van der Waals surface area (Å²) in [7, 11) is 0. The number of amides is 1. The molecule has 0 bridgehead atoms. The number of rotatable bonds is 3. The molecule has 4 rings (SSSR count). The number of nitrogens with one attached hydrogen (secondary N) is 1. The maximum atomic E-state index is 12.4. The van der Waals surface area contributed by atoms with Crippen LogP contribution in [0.3, 0.4) is 0 Å². The first-order chi connectivity index (χ1) is 12.3. The summed E-state index contributed by atoms with van der Waals surface area (Å²) in [6, 6.07) is 11.3. The third-order valence-corrected chi connectivity index (χ3v) is 4.37. The first-order valence-electron chi connectivity index (χ1n) is 8.54. The van der Waals surface area contributed by atoms with Crippen LogP contribution in [0.2, 0.25) is 0 Å². The zero-order valence-electron chi connectivity index (χ0n) is 13.9. The number of carbonyl (C=O) groups is 1. The molecule has 25 heavy (non-hydrogen) atoms. The van der Waals surface area contributed by atoms with Gasteiger partial charge in [0.25, 0.3) is 5.91 Å². The van der Waals surface area contributed by atoms with Gasteiger partial charge in [0.05, 0.1) is 29.1 Å². The van der Waals surface area contributed by atoms with Gasteiger partial charge in [-0.1, -0.05) is 12.1 Å². The number of para-hydroxylation sites is 2. The zero-order chi connectivity index (χ0) is 17.1. The molecule has 0 atom stereocenters. The van der Waals surface area contributed by atoms with Crippen LogP contribution in [-0.2, 0) is 0 Å². The highest BCUT2D eigenvalue weighted by atomic mass is 16.1. The van der Waals surface area contributed by atoms with Crippen molar-refractivity contribution in [3.8, 4) is 0 Å². The Morgan fingerprint density at radius 3 is 2.48 bits per heavy atom. The highest BCUT2D eigenvalue weighted by Gasteiger charge is 2.13. The van der Waals surface area contributed by atoms with Crippen LogP contribution in [-0.4, -0.2) is 33.9 Å². The van der Waals surface area contributed by atoms with Gasteiger partial charge in [-0.25, -0.2) is 9.97 Å². The molecular formula is C19H19N5O. The van der Waals surface area contributed by atoms with Crippen LogP contribution in [0.5, 0.6) is 0 Å².